The third kappa shape index (κ3) is 0.758. The molecule has 11 heavy (non-hydrogen) atoms. The summed E-state index contributed by atoms with van der Waals surface area (Å²) in [6, 6.07) is 0. The van der Waals surface area contributed by atoms with E-state index in [4.69, 9.17) is 0 Å². The van der Waals surface area contributed by atoms with E-state index in [-0.39, 0.29) is 0 Å². The Morgan fingerprint density at radius 2 is 1.55 bits per heavy atom. The molecule has 0 aliphatic heterocycles. The molecule has 0 nitrogen and oxygen atoms in total. The van der Waals surface area contributed by atoms with Crippen molar-refractivity contribution in [1.82, 2.24) is 0 Å². The van der Waals surface area contributed by atoms with Crippen LogP contribution >= 0.6 is 0 Å². The van der Waals surface area contributed by atoms with Crippen molar-refractivity contribution in [2.75, 3.05) is 0 Å². The van der Waals surface area contributed by atoms with E-state index < -0.39 is 0 Å². The van der Waals surface area contributed by atoms with Crippen molar-refractivity contribution in [3.63, 3.8) is 0 Å². The molecule has 3 rings (SSSR count). The number of hydrogen-bond acceptors (Lipinski definition) is 0. The van der Waals surface area contributed by atoms with Gasteiger partial charge in [0.2, 0.25) is 0 Å². The highest BCUT2D eigenvalue weighted by Gasteiger charge is 2.45. The first-order valence-electron chi connectivity index (χ1n) is 5.12. The predicted molar refractivity (Wildman–Crippen MR) is 46.4 cm³/mol. The van der Waals surface area contributed by atoms with Gasteiger partial charge in [-0.15, -0.1) is 0 Å². The van der Waals surface area contributed by atoms with Crippen LogP contribution in [0.15, 0.2) is 11.1 Å². The molecule has 0 radical (unpaired) electrons. The van der Waals surface area contributed by atoms with Crippen LogP contribution in [0.1, 0.15) is 51.4 Å². The third-order valence-electron chi connectivity index (χ3n) is 3.96. The van der Waals surface area contributed by atoms with Gasteiger partial charge in [-0.3, -0.25) is 0 Å². The fraction of sp³-hybridized carbons (Fsp3) is 0.818. The number of rotatable bonds is 0. The highest BCUT2D eigenvalue weighted by Crippen LogP contribution is 2.59. The molecule has 0 aromatic rings. The average molecular weight is 148 g/mol. The van der Waals surface area contributed by atoms with Crippen LogP contribution in [-0.2, 0) is 0 Å². The van der Waals surface area contributed by atoms with Crippen LogP contribution in [0.2, 0.25) is 0 Å². The Hall–Kier alpha value is -0.260. The Labute approximate surface area is 68.7 Å². The van der Waals surface area contributed by atoms with E-state index >= 15 is 0 Å². The summed E-state index contributed by atoms with van der Waals surface area (Å²) >= 11 is 0. The molecular formula is C11H16. The minimum Gasteiger partial charge on any atom is -0.0698 e. The molecule has 0 saturated heterocycles. The lowest BCUT2D eigenvalue weighted by molar-refractivity contribution is 0.194. The molecular weight excluding hydrogens is 132 g/mol. The first-order valence-corrected chi connectivity index (χ1v) is 5.12. The second kappa shape index (κ2) is 1.91. The maximum absolute atomic E-state index is 1.93. The number of hydrogen-bond donors (Lipinski definition) is 0. The minimum absolute atomic E-state index is 0.797. The van der Waals surface area contributed by atoms with Crippen LogP contribution in [-0.4, -0.2) is 0 Å². The largest absolute Gasteiger partial charge is 0.0698 e. The third-order valence-corrected chi connectivity index (χ3v) is 3.96. The van der Waals surface area contributed by atoms with Gasteiger partial charge >= 0.3 is 0 Å². The zero-order valence-corrected chi connectivity index (χ0v) is 7.16. The molecule has 3 aliphatic rings. The summed E-state index contributed by atoms with van der Waals surface area (Å²) in [6.07, 6.45) is 12.0. The fourth-order valence-electron chi connectivity index (χ4n) is 3.09. The summed E-state index contributed by atoms with van der Waals surface area (Å²) in [5.41, 5.74) is 4.59. The lowest BCUT2D eigenvalue weighted by atomic mass is 9.65. The monoisotopic (exact) mass is 148 g/mol. The molecule has 0 unspecified atom stereocenters. The Morgan fingerprint density at radius 3 is 2.09 bits per heavy atom. The molecule has 0 aromatic heterocycles. The molecule has 0 heterocycles. The van der Waals surface area contributed by atoms with Gasteiger partial charge in [0, 0.05) is 0 Å². The van der Waals surface area contributed by atoms with E-state index in [1.165, 1.54) is 51.4 Å². The summed E-state index contributed by atoms with van der Waals surface area (Å²) in [5, 5.41) is 0. The standard InChI is InChI=1S/C11H16/c1-3-10(9-4-5-9)11(6-1)7-2-8-11/h1-8H2. The van der Waals surface area contributed by atoms with Gasteiger partial charge < -0.3 is 0 Å². The molecule has 60 valence electrons. The molecule has 0 amide bonds. The van der Waals surface area contributed by atoms with E-state index in [0.717, 1.165) is 5.41 Å². The lowest BCUT2D eigenvalue weighted by Crippen LogP contribution is -2.27. The van der Waals surface area contributed by atoms with Gasteiger partial charge in [-0.2, -0.15) is 0 Å². The molecule has 0 heteroatoms. The maximum Gasteiger partial charge on any atom is -0.00853 e. The van der Waals surface area contributed by atoms with E-state index in [9.17, 15) is 0 Å². The zero-order valence-electron chi connectivity index (χ0n) is 7.16. The molecule has 3 fully saturated rings. The Balaban J connectivity index is 1.97. The Kier molecular flexibility index (Phi) is 1.09. The normalized spacial score (nSPS) is 32.7. The van der Waals surface area contributed by atoms with Crippen LogP contribution in [0.5, 0.6) is 0 Å². The lowest BCUT2D eigenvalue weighted by Gasteiger charge is -2.40. The zero-order chi connectivity index (χ0) is 7.31. The molecule has 0 aromatic carbocycles. The number of allylic oxidation sites excluding steroid dienone is 2. The molecule has 0 atom stereocenters. The summed E-state index contributed by atoms with van der Waals surface area (Å²) in [6.45, 7) is 0. The van der Waals surface area contributed by atoms with Crippen molar-refractivity contribution >= 4 is 0 Å². The SMILES string of the molecule is C1CC(=C2CC2)C2(C1)CCC2. The van der Waals surface area contributed by atoms with Crippen LogP contribution in [0.3, 0.4) is 0 Å². The average Bonchev–Trinajstić information content (AvgIpc) is 2.66. The fourth-order valence-corrected chi connectivity index (χ4v) is 3.09. The summed E-state index contributed by atoms with van der Waals surface area (Å²) in [7, 11) is 0. The van der Waals surface area contributed by atoms with E-state index in [0.29, 0.717) is 0 Å². The van der Waals surface area contributed by atoms with Crippen molar-refractivity contribution in [2.24, 2.45) is 5.41 Å². The minimum atomic E-state index is 0.797. The van der Waals surface area contributed by atoms with Crippen molar-refractivity contribution in [1.29, 1.82) is 0 Å². The van der Waals surface area contributed by atoms with Gasteiger partial charge in [-0.05, 0) is 50.4 Å². The van der Waals surface area contributed by atoms with E-state index in [1.807, 2.05) is 11.1 Å². The highest BCUT2D eigenvalue weighted by molar-refractivity contribution is 5.34. The van der Waals surface area contributed by atoms with Crippen molar-refractivity contribution in [2.45, 2.75) is 51.4 Å². The first-order chi connectivity index (χ1) is 5.41. The van der Waals surface area contributed by atoms with Crippen molar-refractivity contribution in [3.05, 3.63) is 11.1 Å². The first kappa shape index (κ1) is 6.28. The smallest absolute Gasteiger partial charge is 0.00853 e. The predicted octanol–water partition coefficient (Wildman–Crippen LogP) is 3.43. The van der Waals surface area contributed by atoms with Gasteiger partial charge in [-0.1, -0.05) is 17.6 Å². The molecule has 0 N–H and O–H groups in total. The van der Waals surface area contributed by atoms with Gasteiger partial charge in [-0.25, -0.2) is 0 Å². The van der Waals surface area contributed by atoms with E-state index in [1.54, 1.807) is 0 Å². The van der Waals surface area contributed by atoms with Gasteiger partial charge in [0.15, 0.2) is 0 Å². The van der Waals surface area contributed by atoms with Gasteiger partial charge in [0.1, 0.15) is 0 Å². The molecule has 0 bridgehead atoms. The topological polar surface area (TPSA) is 0 Å². The van der Waals surface area contributed by atoms with E-state index in [2.05, 4.69) is 0 Å². The quantitative estimate of drug-likeness (QED) is 0.462. The second-order valence-electron chi connectivity index (χ2n) is 4.57. The van der Waals surface area contributed by atoms with Crippen molar-refractivity contribution < 1.29 is 0 Å². The summed E-state index contributed by atoms with van der Waals surface area (Å²) in [5.74, 6) is 0. The van der Waals surface area contributed by atoms with Crippen molar-refractivity contribution in [3.8, 4) is 0 Å². The van der Waals surface area contributed by atoms with Crippen LogP contribution in [0, 0.1) is 5.41 Å². The van der Waals surface area contributed by atoms with Crippen LogP contribution in [0.25, 0.3) is 0 Å². The van der Waals surface area contributed by atoms with Gasteiger partial charge in [0.25, 0.3) is 0 Å². The maximum atomic E-state index is 1.93. The van der Waals surface area contributed by atoms with Crippen LogP contribution < -0.4 is 0 Å². The molecule has 1 spiro atoms. The summed E-state index contributed by atoms with van der Waals surface area (Å²) in [4.78, 5) is 0. The molecule has 3 saturated carbocycles. The molecule has 3 aliphatic carbocycles. The Morgan fingerprint density at radius 1 is 0.818 bits per heavy atom. The highest BCUT2D eigenvalue weighted by atomic mass is 14.5. The summed E-state index contributed by atoms with van der Waals surface area (Å²) < 4.78 is 0. The second-order valence-corrected chi connectivity index (χ2v) is 4.57. The van der Waals surface area contributed by atoms with Gasteiger partial charge in [0.05, 0.1) is 0 Å². The Bertz CT molecular complexity index is 212. The van der Waals surface area contributed by atoms with Crippen LogP contribution in [0.4, 0.5) is 0 Å².